The third-order valence-corrected chi connectivity index (χ3v) is 9.98. The SMILES string of the molecule is Cc1ccc2nc(-c3ccc(N4C(=O)C5C6C=CC(C7CC67)C5C4=O)cc3)cc(C(=O)OCC(=O)c3cccc([N+](=O)[O-])c3)c2c1. The standard InChI is InChI=1S/C36H27N3O7/c1-18-5-12-29-27(13-18)28(36(43)46-17-31(40)20-3-2-4-22(14-20)39(44)45)16-30(37-29)19-6-8-21(9-7-19)38-34(41)32-23-10-11-24(26-15-25(23)26)33(32)35(38)42/h2-14,16,23-26,32-33H,15,17H2,1H3. The molecule has 2 saturated carbocycles. The van der Waals surface area contributed by atoms with Gasteiger partial charge in [-0.1, -0.05) is 48.0 Å². The van der Waals surface area contributed by atoms with Crippen molar-refractivity contribution >= 4 is 45.8 Å². The van der Waals surface area contributed by atoms with Crippen molar-refractivity contribution < 1.29 is 28.8 Å². The lowest BCUT2D eigenvalue weighted by atomic mass is 9.63. The van der Waals surface area contributed by atoms with Crippen LogP contribution in [-0.2, 0) is 14.3 Å². The van der Waals surface area contributed by atoms with Gasteiger partial charge >= 0.3 is 5.97 Å². The minimum absolute atomic E-state index is 0.0631. The molecule has 6 atom stereocenters. The van der Waals surface area contributed by atoms with Crippen LogP contribution in [0.15, 0.2) is 84.9 Å². The van der Waals surface area contributed by atoms with Crippen LogP contribution in [-0.4, -0.2) is 40.1 Å². The van der Waals surface area contributed by atoms with Crippen LogP contribution in [0.3, 0.4) is 0 Å². The number of hydrogen-bond acceptors (Lipinski definition) is 8. The average molecular weight is 614 g/mol. The Kier molecular flexibility index (Phi) is 6.25. The number of carbonyl (C=O) groups is 4. The highest BCUT2D eigenvalue weighted by atomic mass is 16.6. The zero-order valence-corrected chi connectivity index (χ0v) is 24.7. The largest absolute Gasteiger partial charge is 0.454 e. The minimum Gasteiger partial charge on any atom is -0.454 e. The van der Waals surface area contributed by atoms with E-state index in [0.717, 1.165) is 18.1 Å². The number of aromatic nitrogens is 1. The van der Waals surface area contributed by atoms with Crippen LogP contribution in [0.2, 0.25) is 0 Å². The number of rotatable bonds is 7. The fourth-order valence-electron chi connectivity index (χ4n) is 7.73. The van der Waals surface area contributed by atoms with E-state index in [2.05, 4.69) is 12.2 Å². The maximum absolute atomic E-state index is 13.6. The van der Waals surface area contributed by atoms with Crippen molar-refractivity contribution in [3.05, 3.63) is 112 Å². The quantitative estimate of drug-likeness (QED) is 0.0645. The number of fused-ring (bicyclic) bond motifs is 1. The first-order valence-electron chi connectivity index (χ1n) is 15.2. The van der Waals surface area contributed by atoms with Gasteiger partial charge in [0.25, 0.3) is 5.69 Å². The highest BCUT2D eigenvalue weighted by Crippen LogP contribution is 2.65. The number of hydrogen-bond donors (Lipinski definition) is 0. The van der Waals surface area contributed by atoms with Gasteiger partial charge in [0.05, 0.1) is 39.2 Å². The Hall–Kier alpha value is -5.51. The van der Waals surface area contributed by atoms with Crippen molar-refractivity contribution in [2.45, 2.75) is 13.3 Å². The normalized spacial score (nSPS) is 25.4. The molecule has 10 heteroatoms. The molecule has 1 aliphatic heterocycles. The average Bonchev–Trinajstić information content (AvgIpc) is 3.85. The molecule has 1 aromatic heterocycles. The molecule has 10 nitrogen and oxygen atoms in total. The van der Waals surface area contributed by atoms with Crippen LogP contribution in [0.1, 0.15) is 32.7 Å². The Morgan fingerprint density at radius 2 is 1.63 bits per heavy atom. The van der Waals surface area contributed by atoms with Crippen LogP contribution in [0.25, 0.3) is 22.2 Å². The Bertz CT molecular complexity index is 2020. The summed E-state index contributed by atoms with van der Waals surface area (Å²) in [7, 11) is 0. The molecule has 46 heavy (non-hydrogen) atoms. The molecule has 0 N–H and O–H groups in total. The van der Waals surface area contributed by atoms with E-state index >= 15 is 0 Å². The Labute approximate surface area is 262 Å². The summed E-state index contributed by atoms with van der Waals surface area (Å²) in [6.45, 7) is 1.28. The van der Waals surface area contributed by atoms with E-state index in [9.17, 15) is 29.3 Å². The van der Waals surface area contributed by atoms with Gasteiger partial charge in [-0.2, -0.15) is 0 Å². The van der Waals surface area contributed by atoms with E-state index in [1.807, 2.05) is 19.1 Å². The summed E-state index contributed by atoms with van der Waals surface area (Å²) in [5.74, 6) is -0.804. The monoisotopic (exact) mass is 613 g/mol. The Morgan fingerprint density at radius 1 is 0.935 bits per heavy atom. The van der Waals surface area contributed by atoms with Crippen LogP contribution in [0.5, 0.6) is 0 Å². The number of benzene rings is 3. The lowest BCUT2D eigenvalue weighted by Crippen LogP contribution is -2.40. The Balaban J connectivity index is 1.06. The molecule has 2 amide bonds. The Morgan fingerprint density at radius 3 is 2.30 bits per heavy atom. The van der Waals surface area contributed by atoms with Crippen molar-refractivity contribution in [1.82, 2.24) is 4.98 Å². The summed E-state index contributed by atoms with van der Waals surface area (Å²) in [4.78, 5) is 69.8. The number of imide groups is 1. The van der Waals surface area contributed by atoms with Gasteiger partial charge in [-0.05, 0) is 67.3 Å². The summed E-state index contributed by atoms with van der Waals surface area (Å²) in [5.41, 5.74) is 3.11. The maximum atomic E-state index is 13.6. The molecule has 4 aromatic rings. The molecule has 228 valence electrons. The molecule has 4 aliphatic carbocycles. The van der Waals surface area contributed by atoms with Crippen molar-refractivity contribution in [2.75, 3.05) is 11.5 Å². The highest BCUT2D eigenvalue weighted by molar-refractivity contribution is 6.22. The van der Waals surface area contributed by atoms with Crippen LogP contribution < -0.4 is 4.90 Å². The van der Waals surface area contributed by atoms with Gasteiger partial charge in [0.15, 0.2) is 6.61 Å². The summed E-state index contributed by atoms with van der Waals surface area (Å²) in [5, 5.41) is 11.6. The zero-order valence-electron chi connectivity index (χ0n) is 24.7. The van der Waals surface area contributed by atoms with E-state index in [1.165, 1.54) is 23.1 Å². The van der Waals surface area contributed by atoms with Gasteiger partial charge in [-0.3, -0.25) is 29.4 Å². The van der Waals surface area contributed by atoms with Gasteiger partial charge < -0.3 is 4.74 Å². The zero-order chi connectivity index (χ0) is 31.9. The minimum atomic E-state index is -0.744. The summed E-state index contributed by atoms with van der Waals surface area (Å²) < 4.78 is 5.40. The number of nitro benzene ring substituents is 1. The van der Waals surface area contributed by atoms with Crippen molar-refractivity contribution in [3.63, 3.8) is 0 Å². The van der Waals surface area contributed by atoms with Crippen molar-refractivity contribution in [2.24, 2.45) is 35.5 Å². The van der Waals surface area contributed by atoms with Gasteiger partial charge in [0, 0.05) is 28.6 Å². The fraction of sp³-hybridized carbons (Fsp3) is 0.250. The van der Waals surface area contributed by atoms with E-state index in [1.54, 1.807) is 36.4 Å². The first-order chi connectivity index (χ1) is 22.2. The van der Waals surface area contributed by atoms with Crippen molar-refractivity contribution in [1.29, 1.82) is 0 Å². The van der Waals surface area contributed by atoms with Crippen LogP contribution in [0, 0.1) is 52.5 Å². The van der Waals surface area contributed by atoms with E-state index < -0.39 is 23.3 Å². The van der Waals surface area contributed by atoms with E-state index in [0.29, 0.717) is 39.7 Å². The molecular weight excluding hydrogens is 586 g/mol. The number of esters is 1. The van der Waals surface area contributed by atoms with E-state index in [-0.39, 0.29) is 52.3 Å². The number of amides is 2. The highest BCUT2D eigenvalue weighted by Gasteiger charge is 2.67. The number of allylic oxidation sites excluding steroid dienone is 2. The second kappa shape index (κ2) is 10.3. The van der Waals surface area contributed by atoms with Crippen molar-refractivity contribution in [3.8, 4) is 11.3 Å². The number of Topliss-reactive ketones (excluding diaryl/α,β-unsaturated/α-hetero) is 1. The lowest BCUT2D eigenvalue weighted by Gasteiger charge is -2.37. The molecule has 3 fully saturated rings. The predicted octanol–water partition coefficient (Wildman–Crippen LogP) is 5.72. The summed E-state index contributed by atoms with van der Waals surface area (Å²) >= 11 is 0. The first kappa shape index (κ1) is 28.0. The van der Waals surface area contributed by atoms with Gasteiger partial charge in [-0.15, -0.1) is 0 Å². The molecule has 2 bridgehead atoms. The predicted molar refractivity (Wildman–Crippen MR) is 167 cm³/mol. The molecule has 1 saturated heterocycles. The molecule has 9 rings (SSSR count). The third kappa shape index (κ3) is 4.35. The maximum Gasteiger partial charge on any atom is 0.339 e. The number of anilines is 1. The number of carbonyl (C=O) groups excluding carboxylic acids is 4. The van der Waals surface area contributed by atoms with Crippen LogP contribution in [0.4, 0.5) is 11.4 Å². The number of ketones is 1. The smallest absolute Gasteiger partial charge is 0.339 e. The third-order valence-electron chi connectivity index (χ3n) is 9.98. The van der Waals surface area contributed by atoms with Gasteiger partial charge in [0.2, 0.25) is 17.6 Å². The second-order valence-corrected chi connectivity index (χ2v) is 12.6. The fourth-order valence-corrected chi connectivity index (χ4v) is 7.73. The molecule has 0 spiro atoms. The number of pyridine rings is 1. The summed E-state index contributed by atoms with van der Waals surface area (Å²) in [6, 6.07) is 19.3. The first-order valence-corrected chi connectivity index (χ1v) is 15.2. The molecule has 5 aliphatic rings. The number of aryl methyl sites for hydroxylation is 1. The van der Waals surface area contributed by atoms with Gasteiger partial charge in [-0.25, -0.2) is 9.78 Å². The molecule has 6 unspecified atom stereocenters. The topological polar surface area (TPSA) is 137 Å². The number of non-ortho nitro benzene ring substituents is 1. The molecular formula is C36H27N3O7. The number of nitrogens with zero attached hydrogens (tertiary/aromatic N) is 3. The van der Waals surface area contributed by atoms with Gasteiger partial charge in [0.1, 0.15) is 0 Å². The van der Waals surface area contributed by atoms with E-state index in [4.69, 9.17) is 9.72 Å². The molecule has 3 aromatic carbocycles. The molecule has 2 heterocycles. The summed E-state index contributed by atoms with van der Waals surface area (Å²) in [6.07, 6.45) is 5.40. The lowest BCUT2D eigenvalue weighted by molar-refractivity contribution is -0.384. The number of nitro groups is 1. The van der Waals surface area contributed by atoms with Crippen LogP contribution >= 0.6 is 0 Å². The second-order valence-electron chi connectivity index (χ2n) is 12.6. The molecule has 0 radical (unpaired) electrons. The number of ether oxygens (including phenoxy) is 1.